The van der Waals surface area contributed by atoms with Crippen LogP contribution < -0.4 is 5.32 Å². The lowest BCUT2D eigenvalue weighted by Crippen LogP contribution is -2.12. The van der Waals surface area contributed by atoms with Crippen LogP contribution in [0.2, 0.25) is 0 Å². The number of nitrogens with zero attached hydrogens (tertiary/aromatic N) is 3. The third-order valence-electron chi connectivity index (χ3n) is 3.44. The van der Waals surface area contributed by atoms with Gasteiger partial charge in [-0.1, -0.05) is 40.6 Å². The van der Waals surface area contributed by atoms with Gasteiger partial charge in [0, 0.05) is 11.6 Å². The van der Waals surface area contributed by atoms with Gasteiger partial charge in [0.1, 0.15) is 4.88 Å². The van der Waals surface area contributed by atoms with Gasteiger partial charge in [0.15, 0.2) is 17.3 Å². The molecule has 4 rings (SSSR count). The molecule has 1 aromatic carbocycles. The zero-order valence-corrected chi connectivity index (χ0v) is 13.9. The zero-order valence-electron chi connectivity index (χ0n) is 13.1. The summed E-state index contributed by atoms with van der Waals surface area (Å²) >= 11 is 1.40. The number of rotatable bonds is 4. The van der Waals surface area contributed by atoms with Crippen molar-refractivity contribution in [3.63, 3.8) is 0 Å². The molecule has 8 heteroatoms. The summed E-state index contributed by atoms with van der Waals surface area (Å²) < 4.78 is 10.4. The first-order valence-electron chi connectivity index (χ1n) is 7.42. The highest BCUT2D eigenvalue weighted by Gasteiger charge is 2.18. The molecule has 0 aliphatic carbocycles. The average molecular weight is 352 g/mol. The first-order chi connectivity index (χ1) is 12.2. The standard InChI is InChI=1S/C17H12N4O3S/c1-10-18-17(24-20-10)15-12(7-8-25-15)19-16(22)13-9-14(23-21-13)11-5-3-2-4-6-11/h2-9H,1H3,(H,19,22). The van der Waals surface area contributed by atoms with Gasteiger partial charge in [-0.3, -0.25) is 4.79 Å². The van der Waals surface area contributed by atoms with Crippen molar-refractivity contribution >= 4 is 22.9 Å². The number of aryl methyl sites for hydroxylation is 1. The minimum Gasteiger partial charge on any atom is -0.355 e. The number of amides is 1. The van der Waals surface area contributed by atoms with E-state index in [1.54, 1.807) is 19.1 Å². The predicted octanol–water partition coefficient (Wildman–Crippen LogP) is 4.01. The molecule has 0 unspecified atom stereocenters. The zero-order chi connectivity index (χ0) is 17.2. The second-order valence-corrected chi connectivity index (χ2v) is 6.12. The van der Waals surface area contributed by atoms with Crippen molar-refractivity contribution in [3.05, 3.63) is 59.4 Å². The molecule has 0 bridgehead atoms. The van der Waals surface area contributed by atoms with E-state index in [4.69, 9.17) is 9.05 Å². The second kappa shape index (κ2) is 6.33. The molecule has 0 aliphatic rings. The van der Waals surface area contributed by atoms with Gasteiger partial charge < -0.3 is 14.4 Å². The SMILES string of the molecule is Cc1noc(-c2sccc2NC(=O)c2cc(-c3ccccc3)on2)n1. The number of carbonyl (C=O) groups is 1. The Morgan fingerprint density at radius 2 is 1.96 bits per heavy atom. The minimum absolute atomic E-state index is 0.192. The molecule has 0 atom stereocenters. The summed E-state index contributed by atoms with van der Waals surface area (Å²) in [4.78, 5) is 17.3. The van der Waals surface area contributed by atoms with Crippen LogP contribution in [0.1, 0.15) is 16.3 Å². The fourth-order valence-corrected chi connectivity index (χ4v) is 3.04. The van der Waals surface area contributed by atoms with E-state index in [2.05, 4.69) is 20.6 Å². The molecule has 0 saturated heterocycles. The molecular weight excluding hydrogens is 340 g/mol. The molecule has 25 heavy (non-hydrogen) atoms. The van der Waals surface area contributed by atoms with Gasteiger partial charge in [0.05, 0.1) is 5.69 Å². The average Bonchev–Trinajstić information content (AvgIpc) is 3.35. The quantitative estimate of drug-likeness (QED) is 0.596. The van der Waals surface area contributed by atoms with Gasteiger partial charge in [0.25, 0.3) is 11.8 Å². The molecule has 0 spiro atoms. The topological polar surface area (TPSA) is 94.1 Å². The minimum atomic E-state index is -0.373. The molecule has 0 aliphatic heterocycles. The van der Waals surface area contributed by atoms with Crippen LogP contribution in [0.25, 0.3) is 22.1 Å². The van der Waals surface area contributed by atoms with Crippen molar-refractivity contribution in [3.8, 4) is 22.1 Å². The lowest BCUT2D eigenvalue weighted by atomic mass is 10.1. The number of anilines is 1. The van der Waals surface area contributed by atoms with Gasteiger partial charge in [0.2, 0.25) is 0 Å². The Hall–Kier alpha value is -3.26. The Labute approximate surface area is 146 Å². The normalized spacial score (nSPS) is 10.8. The van der Waals surface area contributed by atoms with Crippen molar-refractivity contribution in [1.82, 2.24) is 15.3 Å². The van der Waals surface area contributed by atoms with Crippen LogP contribution in [-0.4, -0.2) is 21.2 Å². The van der Waals surface area contributed by atoms with Crippen LogP contribution in [0.3, 0.4) is 0 Å². The Balaban J connectivity index is 1.56. The molecule has 3 heterocycles. The summed E-state index contributed by atoms with van der Waals surface area (Å²) in [6, 6.07) is 12.8. The van der Waals surface area contributed by atoms with E-state index >= 15 is 0 Å². The number of benzene rings is 1. The lowest BCUT2D eigenvalue weighted by Gasteiger charge is -2.01. The van der Waals surface area contributed by atoms with E-state index in [0.29, 0.717) is 28.0 Å². The maximum absolute atomic E-state index is 12.4. The van der Waals surface area contributed by atoms with E-state index in [0.717, 1.165) is 5.56 Å². The van der Waals surface area contributed by atoms with Crippen LogP contribution >= 0.6 is 11.3 Å². The summed E-state index contributed by atoms with van der Waals surface area (Å²) in [7, 11) is 0. The van der Waals surface area contributed by atoms with Crippen LogP contribution in [-0.2, 0) is 0 Å². The number of thiophene rings is 1. The summed E-state index contributed by atoms with van der Waals surface area (Å²) in [6.07, 6.45) is 0. The molecule has 124 valence electrons. The number of carbonyl (C=O) groups excluding carboxylic acids is 1. The third-order valence-corrected chi connectivity index (χ3v) is 4.34. The number of hydrogen-bond donors (Lipinski definition) is 1. The summed E-state index contributed by atoms with van der Waals surface area (Å²) in [6.45, 7) is 1.74. The van der Waals surface area contributed by atoms with Gasteiger partial charge in [-0.2, -0.15) is 4.98 Å². The first-order valence-corrected chi connectivity index (χ1v) is 8.30. The Kier molecular flexibility index (Phi) is 3.87. The number of hydrogen-bond acceptors (Lipinski definition) is 7. The smallest absolute Gasteiger partial charge is 0.277 e. The molecule has 0 saturated carbocycles. The van der Waals surface area contributed by atoms with Crippen molar-refractivity contribution in [1.29, 1.82) is 0 Å². The van der Waals surface area contributed by atoms with Crippen molar-refractivity contribution < 1.29 is 13.8 Å². The summed E-state index contributed by atoms with van der Waals surface area (Å²) in [5.74, 6) is 1.06. The van der Waals surface area contributed by atoms with Crippen molar-refractivity contribution in [2.75, 3.05) is 5.32 Å². The highest BCUT2D eigenvalue weighted by atomic mass is 32.1. The van der Waals surface area contributed by atoms with Crippen LogP contribution in [0.15, 0.2) is 56.9 Å². The molecular formula is C17H12N4O3S. The maximum atomic E-state index is 12.4. The van der Waals surface area contributed by atoms with Crippen LogP contribution in [0.4, 0.5) is 5.69 Å². The van der Waals surface area contributed by atoms with Crippen molar-refractivity contribution in [2.45, 2.75) is 6.92 Å². The predicted molar refractivity (Wildman–Crippen MR) is 92.2 cm³/mol. The number of nitrogens with one attached hydrogen (secondary N) is 1. The molecule has 3 aromatic heterocycles. The molecule has 0 fully saturated rings. The van der Waals surface area contributed by atoms with E-state index in [-0.39, 0.29) is 11.6 Å². The van der Waals surface area contributed by atoms with E-state index in [1.807, 2.05) is 35.7 Å². The largest absolute Gasteiger partial charge is 0.355 e. The lowest BCUT2D eigenvalue weighted by molar-refractivity contribution is 0.101. The molecule has 7 nitrogen and oxygen atoms in total. The molecule has 1 N–H and O–H groups in total. The van der Waals surface area contributed by atoms with Crippen LogP contribution in [0.5, 0.6) is 0 Å². The molecule has 0 radical (unpaired) electrons. The van der Waals surface area contributed by atoms with Crippen molar-refractivity contribution in [2.24, 2.45) is 0 Å². The Morgan fingerprint density at radius 3 is 2.72 bits per heavy atom. The Morgan fingerprint density at radius 1 is 1.12 bits per heavy atom. The van der Waals surface area contributed by atoms with Crippen LogP contribution in [0, 0.1) is 6.92 Å². The summed E-state index contributed by atoms with van der Waals surface area (Å²) in [5, 5.41) is 12.2. The monoisotopic (exact) mass is 352 g/mol. The number of aromatic nitrogens is 3. The highest BCUT2D eigenvalue weighted by molar-refractivity contribution is 7.14. The fraction of sp³-hybridized carbons (Fsp3) is 0.0588. The van der Waals surface area contributed by atoms with Gasteiger partial charge in [-0.15, -0.1) is 11.3 Å². The highest BCUT2D eigenvalue weighted by Crippen LogP contribution is 2.32. The van der Waals surface area contributed by atoms with E-state index in [1.165, 1.54) is 11.3 Å². The Bertz CT molecular complexity index is 1020. The van der Waals surface area contributed by atoms with Gasteiger partial charge in [-0.05, 0) is 18.4 Å². The molecule has 1 amide bonds. The first kappa shape index (κ1) is 15.3. The van der Waals surface area contributed by atoms with Gasteiger partial charge >= 0.3 is 0 Å². The van der Waals surface area contributed by atoms with E-state index < -0.39 is 0 Å². The maximum Gasteiger partial charge on any atom is 0.277 e. The van der Waals surface area contributed by atoms with Gasteiger partial charge in [-0.25, -0.2) is 0 Å². The third kappa shape index (κ3) is 3.07. The van der Waals surface area contributed by atoms with E-state index in [9.17, 15) is 4.79 Å². The molecule has 4 aromatic rings. The summed E-state index contributed by atoms with van der Waals surface area (Å²) in [5.41, 5.74) is 1.63. The second-order valence-electron chi connectivity index (χ2n) is 5.21. The fourth-order valence-electron chi connectivity index (χ4n) is 2.27.